The van der Waals surface area contributed by atoms with Gasteiger partial charge in [-0.1, -0.05) is 72.8 Å². The van der Waals surface area contributed by atoms with Crippen molar-refractivity contribution in [1.82, 2.24) is 0 Å². The Balaban J connectivity index is 1.56. The Bertz CT molecular complexity index is 1210. The second-order valence-electron chi connectivity index (χ2n) is 7.15. The van der Waals surface area contributed by atoms with E-state index in [4.69, 9.17) is 11.5 Å². The molecule has 2 nitrogen and oxygen atoms in total. The summed E-state index contributed by atoms with van der Waals surface area (Å²) in [6.45, 7) is 0. The zero-order valence-corrected chi connectivity index (χ0v) is 15.4. The minimum absolute atomic E-state index is 0.805. The average Bonchev–Trinajstić information content (AvgIpc) is 2.74. The van der Waals surface area contributed by atoms with Crippen LogP contribution in [0.15, 0.2) is 97.1 Å². The molecule has 28 heavy (non-hydrogen) atoms. The SMILES string of the molecule is Nc1cc(-c2ccc(-c3cc(N)c4ccccc4c3)cc2)cc2ccccc12. The molecule has 0 aromatic heterocycles. The molecule has 5 aromatic rings. The maximum Gasteiger partial charge on any atom is 0.0399 e. The summed E-state index contributed by atoms with van der Waals surface area (Å²) < 4.78 is 0. The Kier molecular flexibility index (Phi) is 3.77. The summed E-state index contributed by atoms with van der Waals surface area (Å²) in [5.41, 5.74) is 18.7. The standard InChI is InChI=1S/C26H20N2/c27-25-15-21(13-19-5-1-3-7-23(19)25)17-9-11-18(12-10-17)22-14-20-6-2-4-8-24(20)26(28)16-22/h1-16H,27-28H2. The van der Waals surface area contributed by atoms with Crippen LogP contribution in [0, 0.1) is 0 Å². The van der Waals surface area contributed by atoms with Crippen molar-refractivity contribution in [2.24, 2.45) is 0 Å². The summed E-state index contributed by atoms with van der Waals surface area (Å²) in [5, 5.41) is 4.50. The summed E-state index contributed by atoms with van der Waals surface area (Å²) in [4.78, 5) is 0. The molecule has 0 aliphatic carbocycles. The van der Waals surface area contributed by atoms with Crippen molar-refractivity contribution in [2.45, 2.75) is 0 Å². The van der Waals surface area contributed by atoms with E-state index < -0.39 is 0 Å². The molecule has 134 valence electrons. The van der Waals surface area contributed by atoms with Gasteiger partial charge in [0.2, 0.25) is 0 Å². The van der Waals surface area contributed by atoms with Gasteiger partial charge in [-0.15, -0.1) is 0 Å². The molecule has 5 aromatic carbocycles. The predicted octanol–water partition coefficient (Wildman–Crippen LogP) is 6.49. The molecule has 0 saturated heterocycles. The minimum atomic E-state index is 0.805. The van der Waals surface area contributed by atoms with Gasteiger partial charge in [-0.05, 0) is 57.3 Å². The van der Waals surface area contributed by atoms with E-state index in [2.05, 4.69) is 60.7 Å². The Morgan fingerprint density at radius 2 is 0.786 bits per heavy atom. The summed E-state index contributed by atoms with van der Waals surface area (Å²) in [6, 6.07) is 33.5. The Morgan fingerprint density at radius 1 is 0.393 bits per heavy atom. The van der Waals surface area contributed by atoms with Crippen LogP contribution in [0.3, 0.4) is 0 Å². The summed E-state index contributed by atoms with van der Waals surface area (Å²) >= 11 is 0. The molecule has 0 unspecified atom stereocenters. The van der Waals surface area contributed by atoms with Gasteiger partial charge in [0.1, 0.15) is 0 Å². The highest BCUT2D eigenvalue weighted by Gasteiger charge is 2.06. The van der Waals surface area contributed by atoms with Crippen LogP contribution in [0.2, 0.25) is 0 Å². The van der Waals surface area contributed by atoms with Crippen LogP contribution in [0.1, 0.15) is 0 Å². The number of hydrogen-bond donors (Lipinski definition) is 2. The lowest BCUT2D eigenvalue weighted by atomic mass is 9.96. The molecule has 0 spiro atoms. The Hall–Kier alpha value is -3.78. The maximum atomic E-state index is 6.27. The summed E-state index contributed by atoms with van der Waals surface area (Å²) in [6.07, 6.45) is 0. The normalized spacial score (nSPS) is 11.1. The van der Waals surface area contributed by atoms with Crippen LogP contribution in [-0.4, -0.2) is 0 Å². The van der Waals surface area contributed by atoms with Crippen molar-refractivity contribution in [2.75, 3.05) is 11.5 Å². The van der Waals surface area contributed by atoms with Crippen LogP contribution in [-0.2, 0) is 0 Å². The van der Waals surface area contributed by atoms with Crippen LogP contribution < -0.4 is 11.5 Å². The second-order valence-corrected chi connectivity index (χ2v) is 7.15. The topological polar surface area (TPSA) is 52.0 Å². The third-order valence-corrected chi connectivity index (χ3v) is 5.34. The third kappa shape index (κ3) is 2.76. The van der Waals surface area contributed by atoms with Crippen molar-refractivity contribution >= 4 is 32.9 Å². The van der Waals surface area contributed by atoms with Gasteiger partial charge in [-0.3, -0.25) is 0 Å². The average molecular weight is 360 g/mol. The monoisotopic (exact) mass is 360 g/mol. The fourth-order valence-electron chi connectivity index (χ4n) is 3.87. The van der Waals surface area contributed by atoms with E-state index in [0.717, 1.165) is 55.2 Å². The number of benzene rings is 5. The molecule has 0 amide bonds. The molecular weight excluding hydrogens is 340 g/mol. The summed E-state index contributed by atoms with van der Waals surface area (Å²) in [7, 11) is 0. The minimum Gasteiger partial charge on any atom is -0.398 e. The highest BCUT2D eigenvalue weighted by Crippen LogP contribution is 2.33. The zero-order valence-electron chi connectivity index (χ0n) is 15.4. The third-order valence-electron chi connectivity index (χ3n) is 5.34. The lowest BCUT2D eigenvalue weighted by Crippen LogP contribution is -1.90. The largest absolute Gasteiger partial charge is 0.398 e. The van der Waals surface area contributed by atoms with Crippen molar-refractivity contribution in [3.05, 3.63) is 97.1 Å². The maximum absolute atomic E-state index is 6.27. The molecule has 0 atom stereocenters. The van der Waals surface area contributed by atoms with E-state index in [1.165, 1.54) is 0 Å². The number of rotatable bonds is 2. The molecular formula is C26H20N2. The summed E-state index contributed by atoms with van der Waals surface area (Å²) in [5.74, 6) is 0. The quantitative estimate of drug-likeness (QED) is 0.353. The highest BCUT2D eigenvalue weighted by atomic mass is 14.6. The van der Waals surface area contributed by atoms with Gasteiger partial charge in [0.05, 0.1) is 0 Å². The van der Waals surface area contributed by atoms with Crippen molar-refractivity contribution < 1.29 is 0 Å². The van der Waals surface area contributed by atoms with Gasteiger partial charge >= 0.3 is 0 Å². The van der Waals surface area contributed by atoms with E-state index in [9.17, 15) is 0 Å². The van der Waals surface area contributed by atoms with E-state index in [1.807, 2.05) is 36.4 Å². The van der Waals surface area contributed by atoms with E-state index in [-0.39, 0.29) is 0 Å². The molecule has 0 radical (unpaired) electrons. The first-order chi connectivity index (χ1) is 13.7. The second kappa shape index (κ2) is 6.43. The molecule has 2 heteroatoms. The molecule has 0 fully saturated rings. The Morgan fingerprint density at radius 3 is 1.21 bits per heavy atom. The van der Waals surface area contributed by atoms with Gasteiger partial charge in [-0.25, -0.2) is 0 Å². The van der Waals surface area contributed by atoms with E-state index >= 15 is 0 Å². The lowest BCUT2D eigenvalue weighted by Gasteiger charge is -2.10. The fourth-order valence-corrected chi connectivity index (χ4v) is 3.87. The number of anilines is 2. The molecule has 5 rings (SSSR count). The fraction of sp³-hybridized carbons (Fsp3) is 0. The van der Waals surface area contributed by atoms with Crippen molar-refractivity contribution in [3.8, 4) is 22.3 Å². The molecule has 0 heterocycles. The first-order valence-electron chi connectivity index (χ1n) is 9.36. The molecule has 0 aliphatic rings. The molecule has 0 aliphatic heterocycles. The molecule has 4 N–H and O–H groups in total. The van der Waals surface area contributed by atoms with E-state index in [1.54, 1.807) is 0 Å². The van der Waals surface area contributed by atoms with Gasteiger partial charge in [0, 0.05) is 22.1 Å². The molecule has 0 bridgehead atoms. The zero-order chi connectivity index (χ0) is 19.1. The smallest absolute Gasteiger partial charge is 0.0399 e. The van der Waals surface area contributed by atoms with Crippen LogP contribution in [0.4, 0.5) is 11.4 Å². The van der Waals surface area contributed by atoms with Gasteiger partial charge < -0.3 is 11.5 Å². The van der Waals surface area contributed by atoms with Gasteiger partial charge in [0.25, 0.3) is 0 Å². The van der Waals surface area contributed by atoms with E-state index in [0.29, 0.717) is 0 Å². The predicted molar refractivity (Wildman–Crippen MR) is 121 cm³/mol. The first kappa shape index (κ1) is 16.4. The Labute approximate surface area is 164 Å². The highest BCUT2D eigenvalue weighted by molar-refractivity contribution is 5.98. The number of fused-ring (bicyclic) bond motifs is 2. The van der Waals surface area contributed by atoms with Crippen LogP contribution in [0.25, 0.3) is 43.8 Å². The van der Waals surface area contributed by atoms with Gasteiger partial charge in [-0.2, -0.15) is 0 Å². The van der Waals surface area contributed by atoms with Crippen molar-refractivity contribution in [3.63, 3.8) is 0 Å². The van der Waals surface area contributed by atoms with Gasteiger partial charge in [0.15, 0.2) is 0 Å². The number of hydrogen-bond acceptors (Lipinski definition) is 2. The lowest BCUT2D eigenvalue weighted by molar-refractivity contribution is 1.61. The van der Waals surface area contributed by atoms with Crippen molar-refractivity contribution in [1.29, 1.82) is 0 Å². The molecule has 0 saturated carbocycles. The van der Waals surface area contributed by atoms with Crippen LogP contribution >= 0.6 is 0 Å². The van der Waals surface area contributed by atoms with Crippen LogP contribution in [0.5, 0.6) is 0 Å². The number of nitrogens with two attached hydrogens (primary N) is 2. The first-order valence-corrected chi connectivity index (χ1v) is 9.36. The number of nitrogen functional groups attached to an aromatic ring is 2.